The Morgan fingerprint density at radius 1 is 1.04 bits per heavy atom. The van der Waals surface area contributed by atoms with E-state index in [0.717, 1.165) is 39.7 Å². The molecular formula is C21H19N3O2. The SMILES string of the molecule is COc1cccc(Nc2c(-c3ccc(O)cc3)nc3cc(C)ccn23)c1. The van der Waals surface area contributed by atoms with Gasteiger partial charge in [-0.3, -0.25) is 4.40 Å². The maximum Gasteiger partial charge on any atom is 0.143 e. The summed E-state index contributed by atoms with van der Waals surface area (Å²) in [6, 6.07) is 18.9. The van der Waals surface area contributed by atoms with Crippen molar-refractivity contribution in [3.63, 3.8) is 0 Å². The Balaban J connectivity index is 1.87. The number of ether oxygens (including phenoxy) is 1. The lowest BCUT2D eigenvalue weighted by Crippen LogP contribution is -1.97. The van der Waals surface area contributed by atoms with Crippen LogP contribution in [-0.4, -0.2) is 21.6 Å². The minimum Gasteiger partial charge on any atom is -0.508 e. The summed E-state index contributed by atoms with van der Waals surface area (Å²) in [5, 5.41) is 13.0. The summed E-state index contributed by atoms with van der Waals surface area (Å²) in [5.41, 5.74) is 4.66. The van der Waals surface area contributed by atoms with Gasteiger partial charge >= 0.3 is 0 Å². The number of hydrogen-bond acceptors (Lipinski definition) is 4. The van der Waals surface area contributed by atoms with Gasteiger partial charge in [-0.2, -0.15) is 0 Å². The summed E-state index contributed by atoms with van der Waals surface area (Å²) < 4.78 is 7.34. The van der Waals surface area contributed by atoms with E-state index < -0.39 is 0 Å². The number of anilines is 2. The molecule has 0 spiro atoms. The van der Waals surface area contributed by atoms with Crippen LogP contribution in [0.1, 0.15) is 5.56 Å². The zero-order chi connectivity index (χ0) is 18.1. The number of imidazole rings is 1. The van der Waals surface area contributed by atoms with Crippen molar-refractivity contribution in [1.29, 1.82) is 0 Å². The van der Waals surface area contributed by atoms with E-state index in [2.05, 4.69) is 5.32 Å². The van der Waals surface area contributed by atoms with E-state index >= 15 is 0 Å². The molecule has 0 atom stereocenters. The summed E-state index contributed by atoms with van der Waals surface area (Å²) in [6.07, 6.45) is 2.00. The van der Waals surface area contributed by atoms with Crippen LogP contribution in [0, 0.1) is 6.92 Å². The minimum absolute atomic E-state index is 0.232. The Kier molecular flexibility index (Phi) is 3.97. The van der Waals surface area contributed by atoms with Crippen molar-refractivity contribution in [3.05, 3.63) is 72.4 Å². The average molecular weight is 345 g/mol. The topological polar surface area (TPSA) is 58.8 Å². The van der Waals surface area contributed by atoms with Crippen molar-refractivity contribution < 1.29 is 9.84 Å². The highest BCUT2D eigenvalue weighted by atomic mass is 16.5. The van der Waals surface area contributed by atoms with E-state index in [1.54, 1.807) is 19.2 Å². The molecule has 2 aromatic heterocycles. The molecule has 26 heavy (non-hydrogen) atoms. The average Bonchev–Trinajstić information content (AvgIpc) is 3.00. The van der Waals surface area contributed by atoms with Gasteiger partial charge in [0.05, 0.1) is 7.11 Å². The first-order valence-corrected chi connectivity index (χ1v) is 8.33. The van der Waals surface area contributed by atoms with Crippen LogP contribution >= 0.6 is 0 Å². The second kappa shape index (κ2) is 6.44. The Morgan fingerprint density at radius 3 is 2.62 bits per heavy atom. The molecule has 0 aliphatic heterocycles. The predicted octanol–water partition coefficient (Wildman–Crippen LogP) is 4.77. The van der Waals surface area contributed by atoms with Crippen molar-refractivity contribution in [2.45, 2.75) is 6.92 Å². The smallest absolute Gasteiger partial charge is 0.143 e. The van der Waals surface area contributed by atoms with E-state index in [4.69, 9.17) is 9.72 Å². The molecule has 5 heteroatoms. The molecule has 5 nitrogen and oxygen atoms in total. The fourth-order valence-electron chi connectivity index (χ4n) is 2.92. The number of phenolic OH excluding ortho intramolecular Hbond substituents is 1. The lowest BCUT2D eigenvalue weighted by Gasteiger charge is -2.10. The van der Waals surface area contributed by atoms with Crippen LogP contribution in [0.15, 0.2) is 66.9 Å². The van der Waals surface area contributed by atoms with Gasteiger partial charge in [-0.25, -0.2) is 4.98 Å². The summed E-state index contributed by atoms with van der Waals surface area (Å²) in [4.78, 5) is 4.80. The monoisotopic (exact) mass is 345 g/mol. The van der Waals surface area contributed by atoms with Gasteiger partial charge in [0.1, 0.15) is 28.7 Å². The number of pyridine rings is 1. The van der Waals surface area contributed by atoms with Crippen LogP contribution in [0.4, 0.5) is 11.5 Å². The molecule has 0 amide bonds. The number of aryl methyl sites for hydroxylation is 1. The molecule has 0 saturated carbocycles. The highest BCUT2D eigenvalue weighted by Gasteiger charge is 2.15. The molecule has 4 rings (SSSR count). The third-order valence-electron chi connectivity index (χ3n) is 4.25. The summed E-state index contributed by atoms with van der Waals surface area (Å²) >= 11 is 0. The summed E-state index contributed by atoms with van der Waals surface area (Å²) in [7, 11) is 1.65. The first-order valence-electron chi connectivity index (χ1n) is 8.33. The van der Waals surface area contributed by atoms with E-state index in [1.807, 2.05) is 66.1 Å². The lowest BCUT2D eigenvalue weighted by atomic mass is 10.1. The molecule has 130 valence electrons. The van der Waals surface area contributed by atoms with Gasteiger partial charge < -0.3 is 15.2 Å². The number of nitrogens with zero attached hydrogens (tertiary/aromatic N) is 2. The van der Waals surface area contributed by atoms with E-state index in [-0.39, 0.29) is 5.75 Å². The second-order valence-corrected chi connectivity index (χ2v) is 6.15. The number of fused-ring (bicyclic) bond motifs is 1. The van der Waals surface area contributed by atoms with Crippen LogP contribution < -0.4 is 10.1 Å². The molecular weight excluding hydrogens is 326 g/mol. The number of methoxy groups -OCH3 is 1. The molecule has 0 aliphatic carbocycles. The van der Waals surface area contributed by atoms with Crippen molar-refractivity contribution >= 4 is 17.2 Å². The van der Waals surface area contributed by atoms with Crippen LogP contribution in [-0.2, 0) is 0 Å². The van der Waals surface area contributed by atoms with Crippen LogP contribution in [0.5, 0.6) is 11.5 Å². The first-order chi connectivity index (χ1) is 12.6. The molecule has 2 N–H and O–H groups in total. The summed E-state index contributed by atoms with van der Waals surface area (Å²) in [5.74, 6) is 1.88. The molecule has 2 aromatic carbocycles. The van der Waals surface area contributed by atoms with Crippen LogP contribution in [0.2, 0.25) is 0 Å². The fraction of sp³-hybridized carbons (Fsp3) is 0.0952. The molecule has 0 saturated heterocycles. The van der Waals surface area contributed by atoms with Gasteiger partial charge in [-0.15, -0.1) is 0 Å². The second-order valence-electron chi connectivity index (χ2n) is 6.15. The normalized spacial score (nSPS) is 10.8. The number of aromatic nitrogens is 2. The Morgan fingerprint density at radius 2 is 1.85 bits per heavy atom. The van der Waals surface area contributed by atoms with Crippen molar-refractivity contribution in [2.24, 2.45) is 0 Å². The number of hydrogen-bond donors (Lipinski definition) is 2. The maximum atomic E-state index is 9.59. The standard InChI is InChI=1S/C21H19N3O2/c1-14-10-11-24-19(12-14)23-20(15-6-8-17(25)9-7-15)21(24)22-16-4-3-5-18(13-16)26-2/h3-13,22,25H,1-2H3. The number of phenols is 1. The van der Waals surface area contributed by atoms with E-state index in [1.165, 1.54) is 0 Å². The molecule has 4 aromatic rings. The van der Waals surface area contributed by atoms with Gasteiger partial charge in [0.25, 0.3) is 0 Å². The molecule has 0 fully saturated rings. The van der Waals surface area contributed by atoms with Gasteiger partial charge in [0.15, 0.2) is 0 Å². The maximum absolute atomic E-state index is 9.59. The van der Waals surface area contributed by atoms with Gasteiger partial charge in [0.2, 0.25) is 0 Å². The number of benzene rings is 2. The molecule has 0 unspecified atom stereocenters. The van der Waals surface area contributed by atoms with Crippen molar-refractivity contribution in [1.82, 2.24) is 9.38 Å². The Bertz CT molecular complexity index is 1070. The minimum atomic E-state index is 0.232. The zero-order valence-electron chi connectivity index (χ0n) is 14.6. The lowest BCUT2D eigenvalue weighted by molar-refractivity contribution is 0.415. The highest BCUT2D eigenvalue weighted by Crippen LogP contribution is 2.32. The first kappa shape index (κ1) is 16.0. The molecule has 0 aliphatic rings. The highest BCUT2D eigenvalue weighted by molar-refractivity contribution is 5.80. The molecule has 0 bridgehead atoms. The van der Waals surface area contributed by atoms with E-state index in [0.29, 0.717) is 0 Å². The van der Waals surface area contributed by atoms with Gasteiger partial charge in [0, 0.05) is 23.5 Å². The Labute approximate surface area is 151 Å². The van der Waals surface area contributed by atoms with Crippen LogP contribution in [0.25, 0.3) is 16.9 Å². The number of nitrogens with one attached hydrogen (secondary N) is 1. The fourth-order valence-corrected chi connectivity index (χ4v) is 2.92. The third-order valence-corrected chi connectivity index (χ3v) is 4.25. The van der Waals surface area contributed by atoms with Crippen molar-refractivity contribution in [3.8, 4) is 22.8 Å². The Hall–Kier alpha value is -3.47. The van der Waals surface area contributed by atoms with Crippen molar-refractivity contribution in [2.75, 3.05) is 12.4 Å². The molecule has 2 heterocycles. The van der Waals surface area contributed by atoms with Gasteiger partial charge in [-0.05, 0) is 61.0 Å². The number of rotatable bonds is 4. The third kappa shape index (κ3) is 2.95. The molecule has 0 radical (unpaired) electrons. The largest absolute Gasteiger partial charge is 0.508 e. The summed E-state index contributed by atoms with van der Waals surface area (Å²) in [6.45, 7) is 2.05. The van der Waals surface area contributed by atoms with Crippen LogP contribution in [0.3, 0.4) is 0 Å². The quantitative estimate of drug-likeness (QED) is 0.559. The van der Waals surface area contributed by atoms with E-state index in [9.17, 15) is 5.11 Å². The predicted molar refractivity (Wildman–Crippen MR) is 103 cm³/mol. The zero-order valence-corrected chi connectivity index (χ0v) is 14.6. The van der Waals surface area contributed by atoms with Gasteiger partial charge in [-0.1, -0.05) is 6.07 Å². The number of aromatic hydroxyl groups is 1.